The van der Waals surface area contributed by atoms with E-state index in [9.17, 15) is 13.2 Å². The normalized spacial score (nSPS) is 13.0. The number of allylic oxidation sites excluding steroid dienone is 1. The number of nitrogens with zero attached hydrogens (tertiary/aromatic N) is 3. The summed E-state index contributed by atoms with van der Waals surface area (Å²) >= 11 is 0. The van der Waals surface area contributed by atoms with Crippen molar-refractivity contribution in [3.05, 3.63) is 102 Å². The van der Waals surface area contributed by atoms with Gasteiger partial charge in [0.25, 0.3) is 0 Å². The first-order valence-electron chi connectivity index (χ1n) is 10.6. The van der Waals surface area contributed by atoms with Gasteiger partial charge in [-0.25, -0.2) is 15.0 Å². The third-order valence-electron chi connectivity index (χ3n) is 5.57. The molecule has 2 aromatic heterocycles. The Morgan fingerprint density at radius 2 is 1.56 bits per heavy atom. The molecular weight excluding hydrogens is 439 g/mol. The molecule has 0 saturated carbocycles. The molecule has 0 spiro atoms. The highest BCUT2D eigenvalue weighted by molar-refractivity contribution is 5.79. The van der Waals surface area contributed by atoms with Crippen LogP contribution in [-0.2, 0) is 19.0 Å². The van der Waals surface area contributed by atoms with Gasteiger partial charge >= 0.3 is 6.18 Å². The maximum Gasteiger partial charge on any atom is 0.419 e. The van der Waals surface area contributed by atoms with Crippen LogP contribution < -0.4 is 10.6 Å². The van der Waals surface area contributed by atoms with E-state index in [2.05, 4.69) is 32.2 Å². The number of fused-ring (bicyclic) bond motifs is 1. The molecular formula is C26H20F3N5. The lowest BCUT2D eigenvalue weighted by Crippen LogP contribution is -2.11. The second kappa shape index (κ2) is 8.62. The number of rotatable bonds is 5. The first-order valence-corrected chi connectivity index (χ1v) is 10.6. The average molecular weight is 459 g/mol. The molecule has 1 aliphatic carbocycles. The Balaban J connectivity index is 1.50. The molecule has 0 unspecified atom stereocenters. The van der Waals surface area contributed by atoms with Crippen LogP contribution in [0.1, 0.15) is 16.7 Å². The SMILES string of the molecule is C=C1Cc2ccc(Nc3cc(Nc4ccccc4-c4ncccn4)c(C(F)(F)F)cn3)cc2C1. The minimum absolute atomic E-state index is 0.122. The Bertz CT molecular complexity index is 1370. The quantitative estimate of drug-likeness (QED) is 0.325. The van der Waals surface area contributed by atoms with Gasteiger partial charge in [-0.2, -0.15) is 13.2 Å². The van der Waals surface area contributed by atoms with Gasteiger partial charge in [-0.15, -0.1) is 0 Å². The molecule has 4 aromatic rings. The van der Waals surface area contributed by atoms with Gasteiger partial charge in [0.05, 0.1) is 11.3 Å². The van der Waals surface area contributed by atoms with Crippen LogP contribution in [-0.4, -0.2) is 15.0 Å². The minimum atomic E-state index is -4.58. The van der Waals surface area contributed by atoms with Crippen LogP contribution in [0.2, 0.25) is 0 Å². The number of halogens is 3. The summed E-state index contributed by atoms with van der Waals surface area (Å²) in [4.78, 5) is 12.5. The third-order valence-corrected chi connectivity index (χ3v) is 5.57. The summed E-state index contributed by atoms with van der Waals surface area (Å²) in [5.41, 5.74) is 4.33. The van der Waals surface area contributed by atoms with Crippen molar-refractivity contribution in [3.63, 3.8) is 0 Å². The predicted molar refractivity (Wildman–Crippen MR) is 126 cm³/mol. The van der Waals surface area contributed by atoms with Gasteiger partial charge in [0.1, 0.15) is 5.82 Å². The van der Waals surface area contributed by atoms with Crippen LogP contribution in [0.3, 0.4) is 0 Å². The number of para-hydroxylation sites is 1. The van der Waals surface area contributed by atoms with E-state index in [-0.39, 0.29) is 5.69 Å². The first-order chi connectivity index (χ1) is 16.4. The summed E-state index contributed by atoms with van der Waals surface area (Å²) in [7, 11) is 0. The number of nitrogens with one attached hydrogen (secondary N) is 2. The molecule has 2 N–H and O–H groups in total. The summed E-state index contributed by atoms with van der Waals surface area (Å²) < 4.78 is 41.4. The molecule has 5 nitrogen and oxygen atoms in total. The van der Waals surface area contributed by atoms with Crippen molar-refractivity contribution in [2.75, 3.05) is 10.6 Å². The van der Waals surface area contributed by atoms with E-state index in [0.717, 1.165) is 35.9 Å². The van der Waals surface area contributed by atoms with Gasteiger partial charge in [-0.05, 0) is 54.3 Å². The van der Waals surface area contributed by atoms with E-state index in [1.165, 1.54) is 11.6 Å². The molecule has 34 heavy (non-hydrogen) atoms. The Hall–Kier alpha value is -4.20. The van der Waals surface area contributed by atoms with E-state index < -0.39 is 11.7 Å². The minimum Gasteiger partial charge on any atom is -0.354 e. The van der Waals surface area contributed by atoms with Gasteiger partial charge in [0.2, 0.25) is 0 Å². The third kappa shape index (κ3) is 4.47. The van der Waals surface area contributed by atoms with E-state index in [4.69, 9.17) is 0 Å². The highest BCUT2D eigenvalue weighted by atomic mass is 19.4. The van der Waals surface area contributed by atoms with Crippen molar-refractivity contribution in [1.29, 1.82) is 0 Å². The lowest BCUT2D eigenvalue weighted by molar-refractivity contribution is -0.137. The molecule has 1 aliphatic rings. The van der Waals surface area contributed by atoms with Crippen LogP contribution in [0.15, 0.2) is 85.3 Å². The second-order valence-corrected chi connectivity index (χ2v) is 8.07. The zero-order chi connectivity index (χ0) is 23.7. The number of alkyl halides is 3. The van der Waals surface area contributed by atoms with Crippen molar-refractivity contribution in [3.8, 4) is 11.4 Å². The molecule has 0 saturated heterocycles. The number of hydrogen-bond acceptors (Lipinski definition) is 5. The number of benzene rings is 2. The smallest absolute Gasteiger partial charge is 0.354 e. The summed E-state index contributed by atoms with van der Waals surface area (Å²) in [5.74, 6) is 0.701. The van der Waals surface area contributed by atoms with Gasteiger partial charge in [-0.1, -0.05) is 30.4 Å². The highest BCUT2D eigenvalue weighted by Crippen LogP contribution is 2.39. The summed E-state index contributed by atoms with van der Waals surface area (Å²) in [5, 5.41) is 6.05. The summed E-state index contributed by atoms with van der Waals surface area (Å²) in [6, 6.07) is 15.9. The Kier molecular flexibility index (Phi) is 5.49. The van der Waals surface area contributed by atoms with Gasteiger partial charge in [0, 0.05) is 41.6 Å². The maximum atomic E-state index is 13.8. The number of pyridine rings is 1. The van der Waals surface area contributed by atoms with Crippen molar-refractivity contribution >= 4 is 22.9 Å². The van der Waals surface area contributed by atoms with Crippen LogP contribution in [0.25, 0.3) is 11.4 Å². The standard InChI is InChI=1S/C26H20F3N5/c1-16-11-17-7-8-19(13-18(17)12-16)33-24-14-23(21(15-32-24)26(27,28)29)34-22-6-3-2-5-20(22)25-30-9-4-10-31-25/h2-10,13-15H,1,11-12H2,(H2,32,33,34). The average Bonchev–Trinajstić information content (AvgIpc) is 3.19. The monoisotopic (exact) mass is 459 g/mol. The summed E-state index contributed by atoms with van der Waals surface area (Å²) in [6.45, 7) is 4.04. The molecule has 0 bridgehead atoms. The fourth-order valence-corrected chi connectivity index (χ4v) is 4.01. The molecule has 0 aliphatic heterocycles. The lowest BCUT2D eigenvalue weighted by Gasteiger charge is -2.18. The maximum absolute atomic E-state index is 13.8. The zero-order valence-electron chi connectivity index (χ0n) is 18.0. The first kappa shape index (κ1) is 21.6. The van der Waals surface area contributed by atoms with Crippen molar-refractivity contribution in [2.24, 2.45) is 0 Å². The highest BCUT2D eigenvalue weighted by Gasteiger charge is 2.34. The van der Waals surface area contributed by atoms with Crippen LogP contribution in [0, 0.1) is 0 Å². The number of aromatic nitrogens is 3. The van der Waals surface area contributed by atoms with E-state index in [1.54, 1.807) is 42.7 Å². The molecule has 5 rings (SSSR count). The molecule has 0 radical (unpaired) electrons. The Labute approximate surface area is 194 Å². The van der Waals surface area contributed by atoms with E-state index in [0.29, 0.717) is 22.9 Å². The Morgan fingerprint density at radius 1 is 0.794 bits per heavy atom. The molecule has 2 aromatic carbocycles. The molecule has 0 atom stereocenters. The van der Waals surface area contributed by atoms with Crippen molar-refractivity contribution in [1.82, 2.24) is 15.0 Å². The van der Waals surface area contributed by atoms with Crippen molar-refractivity contribution in [2.45, 2.75) is 19.0 Å². The predicted octanol–water partition coefficient (Wildman–Crippen LogP) is 6.70. The van der Waals surface area contributed by atoms with Crippen molar-refractivity contribution < 1.29 is 13.2 Å². The van der Waals surface area contributed by atoms with Gasteiger partial charge < -0.3 is 10.6 Å². The topological polar surface area (TPSA) is 62.7 Å². The number of hydrogen-bond donors (Lipinski definition) is 2. The van der Waals surface area contributed by atoms with E-state index in [1.807, 2.05) is 18.2 Å². The van der Waals surface area contributed by atoms with Crippen LogP contribution in [0.5, 0.6) is 0 Å². The van der Waals surface area contributed by atoms with Gasteiger partial charge in [-0.3, -0.25) is 0 Å². The largest absolute Gasteiger partial charge is 0.419 e. The van der Waals surface area contributed by atoms with Crippen LogP contribution >= 0.6 is 0 Å². The Morgan fingerprint density at radius 3 is 2.35 bits per heavy atom. The molecule has 170 valence electrons. The molecule has 2 heterocycles. The lowest BCUT2D eigenvalue weighted by atomic mass is 10.1. The number of anilines is 4. The van der Waals surface area contributed by atoms with E-state index >= 15 is 0 Å². The second-order valence-electron chi connectivity index (χ2n) is 8.07. The fraction of sp³-hybridized carbons (Fsp3) is 0.115. The molecule has 0 fully saturated rings. The molecule has 0 amide bonds. The zero-order valence-corrected chi connectivity index (χ0v) is 18.0. The van der Waals surface area contributed by atoms with Crippen LogP contribution in [0.4, 0.5) is 36.1 Å². The van der Waals surface area contributed by atoms with Gasteiger partial charge in [0.15, 0.2) is 5.82 Å². The fourth-order valence-electron chi connectivity index (χ4n) is 4.01. The summed E-state index contributed by atoms with van der Waals surface area (Å²) in [6.07, 6.45) is 1.08. The molecule has 8 heteroatoms.